The van der Waals surface area contributed by atoms with Gasteiger partial charge in [-0.15, -0.1) is 0 Å². The van der Waals surface area contributed by atoms with Crippen LogP contribution in [0.25, 0.3) is 10.9 Å². The summed E-state index contributed by atoms with van der Waals surface area (Å²) in [7, 11) is 0. The summed E-state index contributed by atoms with van der Waals surface area (Å²) < 4.78 is 25.7. The second-order valence-electron chi connectivity index (χ2n) is 11.3. The Kier molecular flexibility index (Phi) is 8.63. The molecule has 0 spiro atoms. The Hall–Kier alpha value is -3.10. The zero-order chi connectivity index (χ0) is 27.4. The quantitative estimate of drug-likeness (QED) is 0.449. The average molecular weight is 530 g/mol. The lowest BCUT2D eigenvalue weighted by Gasteiger charge is -2.34. The van der Waals surface area contributed by atoms with Gasteiger partial charge in [0, 0.05) is 23.1 Å². The molecule has 4 rings (SSSR count). The van der Waals surface area contributed by atoms with Crippen molar-refractivity contribution in [2.24, 2.45) is 11.8 Å². The molecule has 1 saturated heterocycles. The number of likely N-dealkylation sites (tertiary alicyclic amines) is 1. The summed E-state index contributed by atoms with van der Waals surface area (Å²) in [4.78, 5) is 40.9. The maximum absolute atomic E-state index is 13.8. The molecule has 8 nitrogen and oxygen atoms in total. The van der Waals surface area contributed by atoms with Crippen molar-refractivity contribution in [1.29, 1.82) is 0 Å². The number of alkyl halides is 1. The van der Waals surface area contributed by atoms with Gasteiger partial charge in [0.25, 0.3) is 0 Å². The second kappa shape index (κ2) is 11.7. The SMILES string of the molecule is CCOC(=O)c1cc2cc(NC(=O)[C@H]3[C@H](C4CCCCC4)CCN3C(=O)OC(C)(C)C)ccc2n1CCF. The van der Waals surface area contributed by atoms with E-state index in [4.69, 9.17) is 9.47 Å². The fourth-order valence-electron chi connectivity index (χ4n) is 6.00. The first-order valence-corrected chi connectivity index (χ1v) is 13.8. The third-order valence-corrected chi connectivity index (χ3v) is 7.56. The number of carbonyl (C=O) groups excluding carboxylic acids is 3. The Balaban J connectivity index is 1.60. The Bertz CT molecular complexity index is 1160. The molecule has 2 atom stereocenters. The van der Waals surface area contributed by atoms with E-state index in [2.05, 4.69) is 5.32 Å². The molecule has 1 aromatic carbocycles. The van der Waals surface area contributed by atoms with E-state index in [0.717, 1.165) is 32.1 Å². The van der Waals surface area contributed by atoms with Crippen LogP contribution in [0.15, 0.2) is 24.3 Å². The van der Waals surface area contributed by atoms with Crippen LogP contribution < -0.4 is 5.32 Å². The first-order valence-electron chi connectivity index (χ1n) is 13.8. The third kappa shape index (κ3) is 6.13. The molecule has 0 radical (unpaired) electrons. The molecular formula is C29H40FN3O5. The smallest absolute Gasteiger partial charge is 0.410 e. The number of hydrogen-bond donors (Lipinski definition) is 1. The third-order valence-electron chi connectivity index (χ3n) is 7.56. The van der Waals surface area contributed by atoms with E-state index < -0.39 is 30.4 Å². The average Bonchev–Trinajstić information content (AvgIpc) is 3.46. The van der Waals surface area contributed by atoms with Gasteiger partial charge >= 0.3 is 12.1 Å². The maximum Gasteiger partial charge on any atom is 0.410 e. The molecule has 1 aliphatic carbocycles. The number of carbonyl (C=O) groups is 3. The van der Waals surface area contributed by atoms with Gasteiger partial charge in [-0.25, -0.2) is 14.0 Å². The number of ether oxygens (including phenoxy) is 2. The number of nitrogens with zero attached hydrogens (tertiary/aromatic N) is 2. The largest absolute Gasteiger partial charge is 0.461 e. The topological polar surface area (TPSA) is 89.9 Å². The van der Waals surface area contributed by atoms with Crippen LogP contribution in [-0.2, 0) is 20.8 Å². The Morgan fingerprint density at radius 2 is 1.82 bits per heavy atom. The fraction of sp³-hybridized carbons (Fsp3) is 0.621. The lowest BCUT2D eigenvalue weighted by atomic mass is 9.76. The summed E-state index contributed by atoms with van der Waals surface area (Å²) in [5, 5.41) is 3.71. The van der Waals surface area contributed by atoms with Crippen molar-refractivity contribution in [2.45, 2.75) is 84.4 Å². The summed E-state index contributed by atoms with van der Waals surface area (Å²) in [6.07, 6.45) is 5.97. The minimum Gasteiger partial charge on any atom is -0.461 e. The van der Waals surface area contributed by atoms with Crippen LogP contribution in [0.1, 0.15) is 76.7 Å². The number of rotatable bonds is 7. The van der Waals surface area contributed by atoms with Crippen molar-refractivity contribution in [1.82, 2.24) is 9.47 Å². The predicted molar refractivity (Wildman–Crippen MR) is 144 cm³/mol. The molecule has 208 valence electrons. The molecule has 38 heavy (non-hydrogen) atoms. The normalized spacial score (nSPS) is 20.5. The zero-order valence-electron chi connectivity index (χ0n) is 22.9. The van der Waals surface area contributed by atoms with Gasteiger partial charge in [0.2, 0.25) is 5.91 Å². The molecule has 2 amide bonds. The molecule has 2 aliphatic rings. The second-order valence-corrected chi connectivity index (χ2v) is 11.3. The highest BCUT2D eigenvalue weighted by molar-refractivity contribution is 6.00. The van der Waals surface area contributed by atoms with Crippen LogP contribution in [0.3, 0.4) is 0 Å². The molecule has 1 aromatic heterocycles. The number of hydrogen-bond acceptors (Lipinski definition) is 5. The van der Waals surface area contributed by atoms with Crippen LogP contribution in [0.2, 0.25) is 0 Å². The van der Waals surface area contributed by atoms with E-state index in [1.807, 2.05) is 20.8 Å². The van der Waals surface area contributed by atoms with Crippen LogP contribution in [-0.4, -0.2) is 58.9 Å². The van der Waals surface area contributed by atoms with Crippen molar-refractivity contribution in [3.8, 4) is 0 Å². The standard InChI is InChI=1S/C29H40FN3O5/c1-5-37-27(35)24-18-20-17-21(11-12-23(20)32(24)16-14-30)31-26(34)25-22(19-9-7-6-8-10-19)13-15-33(25)28(36)38-29(2,3)4/h11-12,17-19,22,25H,5-10,13-16H2,1-4H3,(H,31,34)/t22-,25+/m0/s1. The lowest BCUT2D eigenvalue weighted by Crippen LogP contribution is -2.49. The van der Waals surface area contributed by atoms with Gasteiger partial charge in [-0.1, -0.05) is 32.1 Å². The minimum absolute atomic E-state index is 0.0271. The summed E-state index contributed by atoms with van der Waals surface area (Å²) >= 11 is 0. The molecular weight excluding hydrogens is 489 g/mol. The van der Waals surface area contributed by atoms with Gasteiger partial charge in [0.1, 0.15) is 24.0 Å². The number of fused-ring (bicyclic) bond motifs is 1. The van der Waals surface area contributed by atoms with Crippen LogP contribution >= 0.6 is 0 Å². The highest BCUT2D eigenvalue weighted by Gasteiger charge is 2.46. The molecule has 9 heteroatoms. The molecule has 1 aliphatic heterocycles. The van der Waals surface area contributed by atoms with Gasteiger partial charge in [-0.2, -0.15) is 0 Å². The summed E-state index contributed by atoms with van der Waals surface area (Å²) in [6.45, 7) is 7.30. The van der Waals surface area contributed by atoms with Crippen LogP contribution in [0, 0.1) is 11.8 Å². The van der Waals surface area contributed by atoms with E-state index in [-0.39, 0.29) is 30.7 Å². The van der Waals surface area contributed by atoms with Crippen molar-refractivity contribution < 1.29 is 28.2 Å². The van der Waals surface area contributed by atoms with E-state index in [9.17, 15) is 18.8 Å². The van der Waals surface area contributed by atoms with Gasteiger partial charge in [-0.3, -0.25) is 9.69 Å². The van der Waals surface area contributed by atoms with Gasteiger partial charge in [-0.05, 0) is 70.2 Å². The van der Waals surface area contributed by atoms with Gasteiger partial charge in [0.15, 0.2) is 0 Å². The predicted octanol–water partition coefficient (Wildman–Crippen LogP) is 5.93. The van der Waals surface area contributed by atoms with Crippen molar-refractivity contribution in [2.75, 3.05) is 25.1 Å². The molecule has 2 aromatic rings. The molecule has 1 saturated carbocycles. The minimum atomic E-state index is -0.657. The number of halogens is 1. The Labute approximate surface area is 223 Å². The monoisotopic (exact) mass is 529 g/mol. The highest BCUT2D eigenvalue weighted by Crippen LogP contribution is 2.40. The first kappa shape index (κ1) is 27.9. The van der Waals surface area contributed by atoms with Crippen molar-refractivity contribution in [3.63, 3.8) is 0 Å². The number of aryl methyl sites for hydroxylation is 1. The molecule has 0 unspecified atom stereocenters. The fourth-order valence-corrected chi connectivity index (χ4v) is 6.00. The van der Waals surface area contributed by atoms with E-state index in [1.165, 1.54) is 6.42 Å². The van der Waals surface area contributed by atoms with E-state index >= 15 is 0 Å². The van der Waals surface area contributed by atoms with Gasteiger partial charge in [0.05, 0.1) is 13.2 Å². The molecule has 2 heterocycles. The Morgan fingerprint density at radius 3 is 2.47 bits per heavy atom. The van der Waals surface area contributed by atoms with Crippen molar-refractivity contribution in [3.05, 3.63) is 30.0 Å². The number of nitrogens with one attached hydrogen (secondary N) is 1. The van der Waals surface area contributed by atoms with E-state index in [1.54, 1.807) is 40.7 Å². The van der Waals surface area contributed by atoms with Gasteiger partial charge < -0.3 is 19.4 Å². The molecule has 0 bridgehead atoms. The number of aromatic nitrogens is 1. The maximum atomic E-state index is 13.8. The number of benzene rings is 1. The number of anilines is 1. The van der Waals surface area contributed by atoms with Crippen LogP contribution in [0.4, 0.5) is 14.9 Å². The lowest BCUT2D eigenvalue weighted by molar-refractivity contribution is -0.122. The highest BCUT2D eigenvalue weighted by atomic mass is 19.1. The zero-order valence-corrected chi connectivity index (χ0v) is 22.9. The summed E-state index contributed by atoms with van der Waals surface area (Å²) in [5.74, 6) is -0.280. The van der Waals surface area contributed by atoms with Crippen molar-refractivity contribution >= 4 is 34.6 Å². The van der Waals surface area contributed by atoms with E-state index in [0.29, 0.717) is 29.1 Å². The first-order chi connectivity index (χ1) is 18.1. The Morgan fingerprint density at radius 1 is 1.08 bits per heavy atom. The number of esters is 1. The van der Waals surface area contributed by atoms with Crippen LogP contribution in [0.5, 0.6) is 0 Å². The number of amides is 2. The summed E-state index contributed by atoms with van der Waals surface area (Å²) in [6, 6.07) is 6.32. The molecule has 1 N–H and O–H groups in total. The molecule has 2 fully saturated rings. The summed E-state index contributed by atoms with van der Waals surface area (Å²) in [5.41, 5.74) is 0.844.